The molecule has 0 spiro atoms. The van der Waals surface area contributed by atoms with Crippen molar-refractivity contribution in [3.05, 3.63) is 37.0 Å². The molecule has 1 unspecified atom stereocenters. The van der Waals surface area contributed by atoms with Crippen LogP contribution in [0.3, 0.4) is 0 Å². The van der Waals surface area contributed by atoms with E-state index in [9.17, 15) is 0 Å². The lowest BCUT2D eigenvalue weighted by atomic mass is 10.1. The molecule has 0 heteroatoms. The van der Waals surface area contributed by atoms with Gasteiger partial charge in [-0.25, -0.2) is 0 Å². The fourth-order valence-corrected chi connectivity index (χ4v) is 1.53. The van der Waals surface area contributed by atoms with E-state index in [1.165, 1.54) is 24.0 Å². The molecular formula is C13H24. The summed E-state index contributed by atoms with van der Waals surface area (Å²) in [6, 6.07) is 0. The number of hydrogen-bond donors (Lipinski definition) is 0. The number of rotatable bonds is 1. The maximum absolute atomic E-state index is 3.77. The Hall–Kier alpha value is -0.780. The Balaban J connectivity index is 0. The van der Waals surface area contributed by atoms with Gasteiger partial charge in [-0.3, -0.25) is 0 Å². The molecule has 0 radical (unpaired) electrons. The second kappa shape index (κ2) is 9.31. The van der Waals surface area contributed by atoms with Gasteiger partial charge in [0.05, 0.1) is 0 Å². The molecule has 0 saturated heterocycles. The molecule has 1 aliphatic rings. The van der Waals surface area contributed by atoms with Crippen molar-refractivity contribution < 1.29 is 0 Å². The fraction of sp³-hybridized carbons (Fsp3) is 0.538. The molecule has 1 atom stereocenters. The molecule has 0 N–H and O–H groups in total. The van der Waals surface area contributed by atoms with Crippen LogP contribution >= 0.6 is 0 Å². The third-order valence-corrected chi connectivity index (χ3v) is 2.02. The van der Waals surface area contributed by atoms with Gasteiger partial charge in [0.25, 0.3) is 0 Å². The van der Waals surface area contributed by atoms with Gasteiger partial charge in [-0.15, -0.1) is 13.2 Å². The van der Waals surface area contributed by atoms with Crippen molar-refractivity contribution in [2.45, 2.75) is 40.5 Å². The third kappa shape index (κ3) is 5.46. The molecule has 0 fully saturated rings. The van der Waals surface area contributed by atoms with Crippen LogP contribution in [0.2, 0.25) is 0 Å². The minimum atomic E-state index is 0.859. The summed E-state index contributed by atoms with van der Waals surface area (Å²) in [5.74, 6) is 0.859. The zero-order valence-corrected chi connectivity index (χ0v) is 9.69. The molecule has 0 amide bonds. The molecular weight excluding hydrogens is 156 g/mol. The van der Waals surface area contributed by atoms with E-state index in [4.69, 9.17) is 0 Å². The van der Waals surface area contributed by atoms with E-state index in [1.807, 2.05) is 19.9 Å². The van der Waals surface area contributed by atoms with E-state index < -0.39 is 0 Å². The average Bonchev–Trinajstić information content (AvgIpc) is 2.51. The van der Waals surface area contributed by atoms with Crippen molar-refractivity contribution in [2.24, 2.45) is 5.92 Å². The normalized spacial score (nSPS) is 19.5. The first kappa shape index (κ1) is 14.7. The van der Waals surface area contributed by atoms with Crippen molar-refractivity contribution in [2.75, 3.05) is 0 Å². The van der Waals surface area contributed by atoms with Crippen LogP contribution in [0.15, 0.2) is 37.0 Å². The topological polar surface area (TPSA) is 0 Å². The SMILES string of the molecule is C=C.C=CC1=C(C)CC(C)C1.CC. The van der Waals surface area contributed by atoms with Crippen molar-refractivity contribution >= 4 is 0 Å². The highest BCUT2D eigenvalue weighted by molar-refractivity contribution is 5.27. The van der Waals surface area contributed by atoms with E-state index in [0.29, 0.717) is 0 Å². The Morgan fingerprint density at radius 2 is 1.69 bits per heavy atom. The summed E-state index contributed by atoms with van der Waals surface area (Å²) in [5, 5.41) is 0. The van der Waals surface area contributed by atoms with Crippen LogP contribution in [0.1, 0.15) is 40.5 Å². The van der Waals surface area contributed by atoms with E-state index in [-0.39, 0.29) is 0 Å². The highest BCUT2D eigenvalue weighted by Gasteiger charge is 2.14. The van der Waals surface area contributed by atoms with Crippen LogP contribution in [0.4, 0.5) is 0 Å². The molecule has 1 rings (SSSR count). The van der Waals surface area contributed by atoms with Crippen LogP contribution in [0.5, 0.6) is 0 Å². The molecule has 0 aromatic carbocycles. The summed E-state index contributed by atoms with van der Waals surface area (Å²) in [6.45, 7) is 18.3. The summed E-state index contributed by atoms with van der Waals surface area (Å²) in [7, 11) is 0. The minimum absolute atomic E-state index is 0.859. The molecule has 0 nitrogen and oxygen atoms in total. The van der Waals surface area contributed by atoms with Crippen molar-refractivity contribution in [3.63, 3.8) is 0 Å². The predicted molar refractivity (Wildman–Crippen MR) is 63.9 cm³/mol. The van der Waals surface area contributed by atoms with Crippen molar-refractivity contribution in [3.8, 4) is 0 Å². The Labute approximate surface area is 84.1 Å². The fourth-order valence-electron chi connectivity index (χ4n) is 1.53. The Kier molecular flexibility index (Phi) is 10.5. The predicted octanol–water partition coefficient (Wildman–Crippen LogP) is 4.75. The Morgan fingerprint density at radius 1 is 1.23 bits per heavy atom. The van der Waals surface area contributed by atoms with Gasteiger partial charge >= 0.3 is 0 Å². The molecule has 0 aromatic heterocycles. The summed E-state index contributed by atoms with van der Waals surface area (Å²) >= 11 is 0. The standard InChI is InChI=1S/C9H14.C2H6.C2H4/c1-4-9-6-7(2)5-8(9)3;2*1-2/h4,7H,1,5-6H2,2-3H3;1-2H3;1-2H2. The molecule has 76 valence electrons. The van der Waals surface area contributed by atoms with Crippen LogP contribution < -0.4 is 0 Å². The molecule has 0 heterocycles. The summed E-state index contributed by atoms with van der Waals surface area (Å²) in [6.07, 6.45) is 4.52. The van der Waals surface area contributed by atoms with E-state index in [2.05, 4.69) is 33.6 Å². The van der Waals surface area contributed by atoms with E-state index >= 15 is 0 Å². The summed E-state index contributed by atoms with van der Waals surface area (Å²) < 4.78 is 0. The van der Waals surface area contributed by atoms with E-state index in [0.717, 1.165) is 5.92 Å². The maximum Gasteiger partial charge on any atom is -0.0251 e. The quantitative estimate of drug-likeness (QED) is 0.511. The van der Waals surface area contributed by atoms with Crippen LogP contribution in [-0.4, -0.2) is 0 Å². The summed E-state index contributed by atoms with van der Waals surface area (Å²) in [4.78, 5) is 0. The first-order valence-electron chi connectivity index (χ1n) is 5.05. The van der Waals surface area contributed by atoms with Crippen molar-refractivity contribution in [1.82, 2.24) is 0 Å². The lowest BCUT2D eigenvalue weighted by Crippen LogP contribution is -1.83. The molecule has 0 bridgehead atoms. The van der Waals surface area contributed by atoms with Gasteiger partial charge in [0.15, 0.2) is 0 Å². The Bertz CT molecular complexity index is 163. The zero-order valence-electron chi connectivity index (χ0n) is 9.69. The summed E-state index contributed by atoms with van der Waals surface area (Å²) in [5.41, 5.74) is 3.01. The number of allylic oxidation sites excluding steroid dienone is 3. The molecule has 1 aliphatic carbocycles. The highest BCUT2D eigenvalue weighted by Crippen LogP contribution is 2.30. The van der Waals surface area contributed by atoms with Crippen LogP contribution in [0, 0.1) is 5.92 Å². The van der Waals surface area contributed by atoms with Gasteiger partial charge in [-0.1, -0.05) is 39.0 Å². The lowest BCUT2D eigenvalue weighted by molar-refractivity contribution is 0.623. The average molecular weight is 180 g/mol. The van der Waals surface area contributed by atoms with Gasteiger partial charge in [-0.05, 0) is 31.3 Å². The monoisotopic (exact) mass is 180 g/mol. The second-order valence-corrected chi connectivity index (χ2v) is 3.02. The molecule has 0 saturated carbocycles. The second-order valence-electron chi connectivity index (χ2n) is 3.02. The minimum Gasteiger partial charge on any atom is -0.106 e. The van der Waals surface area contributed by atoms with Gasteiger partial charge in [0, 0.05) is 0 Å². The first-order valence-corrected chi connectivity index (χ1v) is 5.05. The third-order valence-electron chi connectivity index (χ3n) is 2.02. The molecule has 0 aromatic rings. The first-order chi connectivity index (χ1) is 6.24. The largest absolute Gasteiger partial charge is 0.106 e. The van der Waals surface area contributed by atoms with Gasteiger partial charge in [0.2, 0.25) is 0 Å². The van der Waals surface area contributed by atoms with E-state index in [1.54, 1.807) is 0 Å². The lowest BCUT2D eigenvalue weighted by Gasteiger charge is -1.96. The van der Waals surface area contributed by atoms with Crippen molar-refractivity contribution in [1.29, 1.82) is 0 Å². The van der Waals surface area contributed by atoms with Crippen LogP contribution in [-0.2, 0) is 0 Å². The molecule has 13 heavy (non-hydrogen) atoms. The molecule has 0 aliphatic heterocycles. The van der Waals surface area contributed by atoms with Crippen LogP contribution in [0.25, 0.3) is 0 Å². The van der Waals surface area contributed by atoms with Gasteiger partial charge < -0.3 is 0 Å². The smallest absolute Gasteiger partial charge is 0.0251 e. The maximum atomic E-state index is 3.77. The highest BCUT2D eigenvalue weighted by atomic mass is 14.2. The Morgan fingerprint density at radius 3 is 1.85 bits per heavy atom. The van der Waals surface area contributed by atoms with Gasteiger partial charge in [-0.2, -0.15) is 0 Å². The number of hydrogen-bond acceptors (Lipinski definition) is 0. The zero-order chi connectivity index (χ0) is 10.9. The van der Waals surface area contributed by atoms with Gasteiger partial charge in [0.1, 0.15) is 0 Å².